The lowest BCUT2D eigenvalue weighted by atomic mass is 10.2. The van der Waals surface area contributed by atoms with Crippen molar-refractivity contribution in [2.24, 2.45) is 0 Å². The van der Waals surface area contributed by atoms with Gasteiger partial charge in [-0.25, -0.2) is 13.4 Å². The molecule has 0 saturated heterocycles. The number of carbonyl (C=O) groups excluding carboxylic acids is 1. The number of imidazole rings is 1. The zero-order valence-corrected chi connectivity index (χ0v) is 17.6. The van der Waals surface area contributed by atoms with Crippen LogP contribution >= 0.6 is 11.6 Å². The quantitative estimate of drug-likeness (QED) is 0.508. The maximum absolute atomic E-state index is 12.8. The third-order valence-electron chi connectivity index (χ3n) is 4.66. The molecule has 4 rings (SSSR count). The van der Waals surface area contributed by atoms with Crippen molar-refractivity contribution in [1.82, 2.24) is 14.7 Å². The molecule has 0 aliphatic rings. The van der Waals surface area contributed by atoms with Crippen LogP contribution in [0.4, 0.5) is 0 Å². The van der Waals surface area contributed by atoms with Gasteiger partial charge in [-0.15, -0.1) is 0 Å². The fraction of sp³-hybridized carbons (Fsp3) is 0.0909. The number of fused-ring (bicyclic) bond motifs is 1. The minimum absolute atomic E-state index is 0.156. The van der Waals surface area contributed by atoms with Crippen LogP contribution in [0.5, 0.6) is 0 Å². The molecular formula is C22H18ClN3O3S. The molecule has 6 nitrogen and oxygen atoms in total. The number of nitrogens with one attached hydrogen (secondary N) is 1. The molecule has 2 aromatic carbocycles. The summed E-state index contributed by atoms with van der Waals surface area (Å²) in [5.41, 5.74) is 2.83. The SMILES string of the molecule is Cc1cc(Cl)cc(S(=O)(=O)c2ccc(CNC(=O)c3ccc4nccn4c3)cc2)c1. The minimum Gasteiger partial charge on any atom is -0.348 e. The van der Waals surface area contributed by atoms with E-state index in [-0.39, 0.29) is 22.2 Å². The molecule has 0 bridgehead atoms. The van der Waals surface area contributed by atoms with Crippen molar-refractivity contribution < 1.29 is 13.2 Å². The minimum atomic E-state index is -3.67. The lowest BCUT2D eigenvalue weighted by Crippen LogP contribution is -2.23. The summed E-state index contributed by atoms with van der Waals surface area (Å²) in [4.78, 5) is 16.9. The van der Waals surface area contributed by atoms with Crippen molar-refractivity contribution in [3.8, 4) is 0 Å². The highest BCUT2D eigenvalue weighted by Gasteiger charge is 2.18. The zero-order valence-electron chi connectivity index (χ0n) is 16.0. The summed E-state index contributed by atoms with van der Waals surface area (Å²) in [6.45, 7) is 2.07. The first-order valence-corrected chi connectivity index (χ1v) is 11.0. The van der Waals surface area contributed by atoms with Crippen LogP contribution in [0.3, 0.4) is 0 Å². The largest absolute Gasteiger partial charge is 0.348 e. The Labute approximate surface area is 179 Å². The van der Waals surface area contributed by atoms with Crippen LogP contribution in [-0.2, 0) is 16.4 Å². The average molecular weight is 440 g/mol. The number of aromatic nitrogens is 2. The maximum Gasteiger partial charge on any atom is 0.253 e. The molecule has 0 spiro atoms. The third kappa shape index (κ3) is 4.08. The van der Waals surface area contributed by atoms with Gasteiger partial charge in [-0.05, 0) is 60.5 Å². The number of hydrogen-bond donors (Lipinski definition) is 1. The van der Waals surface area contributed by atoms with Crippen molar-refractivity contribution in [1.29, 1.82) is 0 Å². The number of sulfone groups is 1. The number of carbonyl (C=O) groups is 1. The number of halogens is 1. The lowest BCUT2D eigenvalue weighted by Gasteiger charge is -2.09. The molecule has 0 unspecified atom stereocenters. The van der Waals surface area contributed by atoms with E-state index >= 15 is 0 Å². The number of rotatable bonds is 5. The van der Waals surface area contributed by atoms with Gasteiger partial charge in [-0.2, -0.15) is 0 Å². The van der Waals surface area contributed by atoms with Crippen molar-refractivity contribution in [2.45, 2.75) is 23.3 Å². The number of hydrogen-bond acceptors (Lipinski definition) is 4. The summed E-state index contributed by atoms with van der Waals surface area (Å²) in [6, 6.07) is 14.6. The second-order valence-corrected chi connectivity index (χ2v) is 9.29. The fourth-order valence-electron chi connectivity index (χ4n) is 3.12. The predicted octanol–water partition coefficient (Wildman–Crippen LogP) is 4.06. The second kappa shape index (κ2) is 7.93. The summed E-state index contributed by atoms with van der Waals surface area (Å²) in [6.07, 6.45) is 5.14. The highest BCUT2D eigenvalue weighted by molar-refractivity contribution is 7.91. The molecule has 2 aromatic heterocycles. The van der Waals surface area contributed by atoms with E-state index in [9.17, 15) is 13.2 Å². The number of benzene rings is 2. The molecule has 1 N–H and O–H groups in total. The monoisotopic (exact) mass is 439 g/mol. The third-order valence-corrected chi connectivity index (χ3v) is 6.63. The van der Waals surface area contributed by atoms with E-state index in [4.69, 9.17) is 11.6 Å². The van der Waals surface area contributed by atoms with Crippen LogP contribution in [0.2, 0.25) is 5.02 Å². The molecule has 2 heterocycles. The van der Waals surface area contributed by atoms with E-state index in [0.29, 0.717) is 10.6 Å². The number of aryl methyl sites for hydroxylation is 1. The van der Waals surface area contributed by atoms with Crippen molar-refractivity contribution in [3.05, 3.63) is 94.9 Å². The molecule has 0 radical (unpaired) electrons. The van der Waals surface area contributed by atoms with Crippen molar-refractivity contribution >= 4 is 33.0 Å². The first-order valence-electron chi connectivity index (χ1n) is 9.15. The lowest BCUT2D eigenvalue weighted by molar-refractivity contribution is 0.0950. The fourth-order valence-corrected chi connectivity index (χ4v) is 4.86. The van der Waals surface area contributed by atoms with E-state index in [1.54, 1.807) is 66.3 Å². The molecule has 1 amide bonds. The summed E-state index contributed by atoms with van der Waals surface area (Å²) in [5, 5.41) is 3.21. The molecule has 8 heteroatoms. The standard InChI is InChI=1S/C22H18ClN3O3S/c1-15-10-18(23)12-20(11-15)30(28,29)19-5-2-16(3-6-19)13-25-22(27)17-4-7-21-24-8-9-26(21)14-17/h2-12,14H,13H2,1H3,(H,25,27). The molecule has 30 heavy (non-hydrogen) atoms. The summed E-state index contributed by atoms with van der Waals surface area (Å²) >= 11 is 6.01. The average Bonchev–Trinajstić information content (AvgIpc) is 3.19. The number of nitrogens with zero attached hydrogens (tertiary/aromatic N) is 2. The van der Waals surface area contributed by atoms with Crippen LogP contribution in [0.1, 0.15) is 21.5 Å². The number of pyridine rings is 1. The van der Waals surface area contributed by atoms with Crippen molar-refractivity contribution in [3.63, 3.8) is 0 Å². The molecule has 0 aliphatic heterocycles. The van der Waals surface area contributed by atoms with Gasteiger partial charge in [0.1, 0.15) is 5.65 Å². The number of amides is 1. The Kier molecular flexibility index (Phi) is 5.32. The molecule has 0 atom stereocenters. The first-order chi connectivity index (χ1) is 14.3. The first kappa shape index (κ1) is 20.1. The Hall–Kier alpha value is -3.16. The molecule has 4 aromatic rings. The Morgan fingerprint density at radius 1 is 1.07 bits per heavy atom. The van der Waals surface area contributed by atoms with E-state index in [0.717, 1.165) is 16.8 Å². The Morgan fingerprint density at radius 3 is 2.57 bits per heavy atom. The molecule has 152 valence electrons. The van der Waals surface area contributed by atoms with E-state index in [1.807, 2.05) is 0 Å². The Morgan fingerprint density at radius 2 is 1.83 bits per heavy atom. The molecule has 0 aliphatic carbocycles. The van der Waals surface area contributed by atoms with E-state index in [1.165, 1.54) is 18.2 Å². The zero-order chi connectivity index (χ0) is 21.3. The van der Waals surface area contributed by atoms with Crippen LogP contribution in [-0.4, -0.2) is 23.7 Å². The topological polar surface area (TPSA) is 80.5 Å². The highest BCUT2D eigenvalue weighted by Crippen LogP contribution is 2.25. The normalized spacial score (nSPS) is 11.5. The van der Waals surface area contributed by atoms with Crippen LogP contribution in [0.25, 0.3) is 5.65 Å². The maximum atomic E-state index is 12.8. The van der Waals surface area contributed by atoms with Gasteiger partial charge in [0.15, 0.2) is 0 Å². The van der Waals surface area contributed by atoms with Gasteiger partial charge in [0.2, 0.25) is 9.84 Å². The summed E-state index contributed by atoms with van der Waals surface area (Å²) < 4.78 is 27.5. The predicted molar refractivity (Wildman–Crippen MR) is 114 cm³/mol. The van der Waals surface area contributed by atoms with Gasteiger partial charge < -0.3 is 9.72 Å². The summed E-state index contributed by atoms with van der Waals surface area (Å²) in [5.74, 6) is -0.225. The smallest absolute Gasteiger partial charge is 0.253 e. The molecule has 0 fully saturated rings. The van der Waals surface area contributed by atoms with Gasteiger partial charge in [0.25, 0.3) is 5.91 Å². The van der Waals surface area contributed by atoms with E-state index in [2.05, 4.69) is 10.3 Å². The van der Waals surface area contributed by atoms with Gasteiger partial charge in [0, 0.05) is 30.2 Å². The van der Waals surface area contributed by atoms with Gasteiger partial charge >= 0.3 is 0 Å². The highest BCUT2D eigenvalue weighted by atomic mass is 35.5. The van der Waals surface area contributed by atoms with Crippen LogP contribution in [0, 0.1) is 6.92 Å². The Balaban J connectivity index is 1.47. The molecular weight excluding hydrogens is 422 g/mol. The van der Waals surface area contributed by atoms with Gasteiger partial charge in [-0.1, -0.05) is 23.7 Å². The van der Waals surface area contributed by atoms with Crippen LogP contribution in [0.15, 0.2) is 83.0 Å². The van der Waals surface area contributed by atoms with Crippen LogP contribution < -0.4 is 5.32 Å². The second-order valence-electron chi connectivity index (χ2n) is 6.90. The van der Waals surface area contributed by atoms with Gasteiger partial charge in [-0.3, -0.25) is 4.79 Å². The summed E-state index contributed by atoms with van der Waals surface area (Å²) in [7, 11) is -3.67. The van der Waals surface area contributed by atoms with E-state index < -0.39 is 9.84 Å². The van der Waals surface area contributed by atoms with Gasteiger partial charge in [0.05, 0.1) is 15.4 Å². The Bertz CT molecular complexity index is 1330. The van der Waals surface area contributed by atoms with Crippen molar-refractivity contribution in [2.75, 3.05) is 0 Å². The molecule has 0 saturated carbocycles.